The molecule has 0 bridgehead atoms. The van der Waals surface area contributed by atoms with Crippen molar-refractivity contribution in [3.63, 3.8) is 0 Å². The molecule has 1 saturated heterocycles. The summed E-state index contributed by atoms with van der Waals surface area (Å²) in [6.45, 7) is 5.26. The number of piperidine rings is 1. The average Bonchev–Trinajstić information content (AvgIpc) is 3.16. The normalized spacial score (nSPS) is 16.1. The number of hydrogen-bond acceptors (Lipinski definition) is 3. The Balaban J connectivity index is 1.41. The third kappa shape index (κ3) is 5.23. The van der Waals surface area contributed by atoms with Crippen LogP contribution in [0, 0.1) is 6.92 Å². The molecule has 0 aliphatic carbocycles. The fourth-order valence-corrected chi connectivity index (χ4v) is 4.06. The molecule has 0 spiro atoms. The van der Waals surface area contributed by atoms with Crippen LogP contribution >= 0.6 is 11.3 Å². The van der Waals surface area contributed by atoms with E-state index in [4.69, 9.17) is 0 Å². The highest BCUT2D eigenvalue weighted by Gasteiger charge is 2.20. The summed E-state index contributed by atoms with van der Waals surface area (Å²) < 4.78 is 0. The Labute approximate surface area is 155 Å². The Bertz CT molecular complexity index is 673. The minimum absolute atomic E-state index is 0.501. The molecule has 1 fully saturated rings. The average molecular weight is 357 g/mol. The minimum atomic E-state index is 0.501. The molecule has 2 aromatic rings. The van der Waals surface area contributed by atoms with Gasteiger partial charge in [0.15, 0.2) is 5.96 Å². The van der Waals surface area contributed by atoms with Gasteiger partial charge in [0.2, 0.25) is 0 Å². The van der Waals surface area contributed by atoms with Gasteiger partial charge in [-0.1, -0.05) is 29.8 Å². The number of aliphatic imine (C=N–C) groups is 1. The summed E-state index contributed by atoms with van der Waals surface area (Å²) >= 11 is 1.83. The van der Waals surface area contributed by atoms with E-state index in [9.17, 15) is 0 Å². The number of benzene rings is 1. The quantitative estimate of drug-likeness (QED) is 0.637. The SMILES string of the molecule is CN=C(NCCc1cccc(C)c1)NC1CCN(c2cccs2)CC1. The maximum Gasteiger partial charge on any atom is 0.191 e. The highest BCUT2D eigenvalue weighted by atomic mass is 32.1. The monoisotopic (exact) mass is 356 g/mol. The number of guanidine groups is 1. The van der Waals surface area contributed by atoms with Crippen LogP contribution in [0.5, 0.6) is 0 Å². The Morgan fingerprint density at radius 3 is 2.76 bits per heavy atom. The summed E-state index contributed by atoms with van der Waals surface area (Å²) in [5, 5.41) is 10.6. The molecule has 0 amide bonds. The van der Waals surface area contributed by atoms with Gasteiger partial charge in [-0.15, -0.1) is 11.3 Å². The van der Waals surface area contributed by atoms with Crippen LogP contribution in [0.1, 0.15) is 24.0 Å². The Morgan fingerprint density at radius 1 is 1.24 bits per heavy atom. The van der Waals surface area contributed by atoms with E-state index in [1.165, 1.54) is 16.1 Å². The number of anilines is 1. The molecular weight excluding hydrogens is 328 g/mol. The van der Waals surface area contributed by atoms with Crippen LogP contribution in [0.15, 0.2) is 46.8 Å². The molecule has 3 rings (SSSR count). The topological polar surface area (TPSA) is 39.7 Å². The summed E-state index contributed by atoms with van der Waals surface area (Å²) in [6.07, 6.45) is 3.31. The first-order valence-corrected chi connectivity index (χ1v) is 9.94. The third-order valence-corrected chi connectivity index (χ3v) is 5.59. The lowest BCUT2D eigenvalue weighted by Crippen LogP contribution is -2.49. The molecule has 2 N–H and O–H groups in total. The molecule has 134 valence electrons. The second-order valence-electron chi connectivity index (χ2n) is 6.59. The van der Waals surface area contributed by atoms with Gasteiger partial charge in [-0.2, -0.15) is 0 Å². The van der Waals surface area contributed by atoms with Crippen molar-refractivity contribution in [2.24, 2.45) is 4.99 Å². The van der Waals surface area contributed by atoms with Gasteiger partial charge in [0.1, 0.15) is 0 Å². The lowest BCUT2D eigenvalue weighted by molar-refractivity contribution is 0.463. The van der Waals surface area contributed by atoms with Gasteiger partial charge in [-0.05, 0) is 49.3 Å². The van der Waals surface area contributed by atoms with Gasteiger partial charge >= 0.3 is 0 Å². The predicted octanol–water partition coefficient (Wildman–Crippen LogP) is 3.43. The van der Waals surface area contributed by atoms with Gasteiger partial charge in [0.05, 0.1) is 5.00 Å². The summed E-state index contributed by atoms with van der Waals surface area (Å²) in [5.41, 5.74) is 2.68. The van der Waals surface area contributed by atoms with Gasteiger partial charge < -0.3 is 15.5 Å². The van der Waals surface area contributed by atoms with Gasteiger partial charge in [0, 0.05) is 32.7 Å². The number of nitrogens with one attached hydrogen (secondary N) is 2. The van der Waals surface area contributed by atoms with E-state index in [0.717, 1.165) is 44.9 Å². The summed E-state index contributed by atoms with van der Waals surface area (Å²) in [5.74, 6) is 0.919. The van der Waals surface area contributed by atoms with E-state index in [2.05, 4.69) is 69.2 Å². The zero-order valence-electron chi connectivity index (χ0n) is 15.2. The van der Waals surface area contributed by atoms with Crippen LogP contribution < -0.4 is 15.5 Å². The Kier molecular flexibility index (Phi) is 6.34. The third-order valence-electron chi connectivity index (χ3n) is 4.67. The van der Waals surface area contributed by atoms with Crippen molar-refractivity contribution in [3.8, 4) is 0 Å². The first-order valence-electron chi connectivity index (χ1n) is 9.06. The minimum Gasteiger partial charge on any atom is -0.363 e. The molecule has 1 aliphatic heterocycles. The number of thiophene rings is 1. The van der Waals surface area contributed by atoms with Crippen LogP contribution in [0.25, 0.3) is 0 Å². The molecule has 0 radical (unpaired) electrons. The van der Waals surface area contributed by atoms with Gasteiger partial charge in [-0.25, -0.2) is 0 Å². The molecule has 0 atom stereocenters. The lowest BCUT2D eigenvalue weighted by atomic mass is 10.1. The van der Waals surface area contributed by atoms with Crippen molar-refractivity contribution in [2.75, 3.05) is 31.6 Å². The van der Waals surface area contributed by atoms with Crippen molar-refractivity contribution in [1.29, 1.82) is 0 Å². The highest BCUT2D eigenvalue weighted by molar-refractivity contribution is 7.14. The molecular formula is C20H28N4S. The molecule has 1 aromatic carbocycles. The standard InChI is InChI=1S/C20H28N4S/c1-16-5-3-6-17(15-16)8-11-22-20(21-2)23-18-9-12-24(13-10-18)19-7-4-14-25-19/h3-7,14-15,18H,8-13H2,1-2H3,(H2,21,22,23). The first kappa shape index (κ1) is 17.8. The molecule has 1 aromatic heterocycles. The van der Waals surface area contributed by atoms with Crippen LogP contribution in [0.4, 0.5) is 5.00 Å². The van der Waals surface area contributed by atoms with E-state index >= 15 is 0 Å². The number of nitrogens with zero attached hydrogens (tertiary/aromatic N) is 2. The molecule has 2 heterocycles. The van der Waals surface area contributed by atoms with Crippen molar-refractivity contribution in [2.45, 2.75) is 32.2 Å². The van der Waals surface area contributed by atoms with E-state index in [1.54, 1.807) is 0 Å². The molecule has 1 aliphatic rings. The molecule has 25 heavy (non-hydrogen) atoms. The summed E-state index contributed by atoms with van der Waals surface area (Å²) in [7, 11) is 1.85. The van der Waals surface area contributed by atoms with Crippen LogP contribution in [0.3, 0.4) is 0 Å². The second-order valence-corrected chi connectivity index (χ2v) is 7.52. The maximum absolute atomic E-state index is 4.38. The van der Waals surface area contributed by atoms with E-state index in [0.29, 0.717) is 6.04 Å². The van der Waals surface area contributed by atoms with Crippen LogP contribution in [-0.2, 0) is 6.42 Å². The van der Waals surface area contributed by atoms with Crippen molar-refractivity contribution in [3.05, 3.63) is 52.9 Å². The van der Waals surface area contributed by atoms with Crippen LogP contribution in [-0.4, -0.2) is 38.7 Å². The highest BCUT2D eigenvalue weighted by Crippen LogP contribution is 2.24. The maximum atomic E-state index is 4.38. The largest absolute Gasteiger partial charge is 0.363 e. The fourth-order valence-electron chi connectivity index (χ4n) is 3.27. The van der Waals surface area contributed by atoms with Gasteiger partial charge in [-0.3, -0.25) is 4.99 Å². The fraction of sp³-hybridized carbons (Fsp3) is 0.450. The number of rotatable bonds is 5. The zero-order valence-corrected chi connectivity index (χ0v) is 16.0. The van der Waals surface area contributed by atoms with Gasteiger partial charge in [0.25, 0.3) is 0 Å². The van der Waals surface area contributed by atoms with E-state index in [1.807, 2.05) is 18.4 Å². The van der Waals surface area contributed by atoms with Crippen LogP contribution in [0.2, 0.25) is 0 Å². The second kappa shape index (κ2) is 8.90. The van der Waals surface area contributed by atoms with Crippen molar-refractivity contribution in [1.82, 2.24) is 10.6 Å². The van der Waals surface area contributed by atoms with E-state index in [-0.39, 0.29) is 0 Å². The zero-order chi connectivity index (χ0) is 17.5. The molecule has 5 heteroatoms. The smallest absolute Gasteiger partial charge is 0.191 e. The summed E-state index contributed by atoms with van der Waals surface area (Å²) in [6, 6.07) is 13.5. The molecule has 0 saturated carbocycles. The van der Waals surface area contributed by atoms with E-state index < -0.39 is 0 Å². The Hall–Kier alpha value is -2.01. The van der Waals surface area contributed by atoms with Crippen molar-refractivity contribution < 1.29 is 0 Å². The molecule has 4 nitrogen and oxygen atoms in total. The first-order chi connectivity index (χ1) is 12.2. The number of aryl methyl sites for hydroxylation is 1. The summed E-state index contributed by atoms with van der Waals surface area (Å²) in [4.78, 5) is 6.87. The predicted molar refractivity (Wildman–Crippen MR) is 109 cm³/mol. The lowest BCUT2D eigenvalue weighted by Gasteiger charge is -2.33. The number of hydrogen-bond donors (Lipinski definition) is 2. The Morgan fingerprint density at radius 2 is 2.08 bits per heavy atom. The molecule has 0 unspecified atom stereocenters. The van der Waals surface area contributed by atoms with Crippen molar-refractivity contribution >= 4 is 22.3 Å².